The van der Waals surface area contributed by atoms with E-state index in [1.54, 1.807) is 11.8 Å². The number of hydrogen-bond donors (Lipinski definition) is 1. The van der Waals surface area contributed by atoms with Crippen molar-refractivity contribution in [1.82, 2.24) is 10.2 Å². The number of thioether (sulfide) groups is 1. The van der Waals surface area contributed by atoms with Gasteiger partial charge in [0.1, 0.15) is 0 Å². The van der Waals surface area contributed by atoms with Gasteiger partial charge in [-0.1, -0.05) is 18.2 Å². The van der Waals surface area contributed by atoms with E-state index in [0.717, 1.165) is 24.4 Å². The number of carbonyl (C=O) groups excluding carboxylic acids is 1. The Bertz CT molecular complexity index is 641. The van der Waals surface area contributed by atoms with Gasteiger partial charge in [-0.25, -0.2) is 0 Å². The Morgan fingerprint density at radius 1 is 1.35 bits per heavy atom. The van der Waals surface area contributed by atoms with Crippen LogP contribution in [0, 0.1) is 0 Å². The van der Waals surface area contributed by atoms with Gasteiger partial charge in [-0.15, -0.1) is 23.1 Å². The van der Waals surface area contributed by atoms with Gasteiger partial charge in [-0.05, 0) is 42.5 Å². The van der Waals surface area contributed by atoms with Gasteiger partial charge in [0.2, 0.25) is 5.91 Å². The molecule has 0 radical (unpaired) electrons. The van der Waals surface area contributed by atoms with Gasteiger partial charge in [-0.2, -0.15) is 0 Å². The number of benzene rings is 1. The molecule has 1 aliphatic heterocycles. The highest BCUT2D eigenvalue weighted by Gasteiger charge is 2.21. The van der Waals surface area contributed by atoms with E-state index in [2.05, 4.69) is 28.6 Å². The van der Waals surface area contributed by atoms with Gasteiger partial charge in [0, 0.05) is 35.4 Å². The van der Waals surface area contributed by atoms with Crippen molar-refractivity contribution in [3.05, 3.63) is 52.2 Å². The molecular formula is C18H22N2OS2. The number of amides is 1. The first-order valence-electron chi connectivity index (χ1n) is 7.96. The lowest BCUT2D eigenvalue weighted by molar-refractivity contribution is -0.118. The lowest BCUT2D eigenvalue weighted by Crippen LogP contribution is -2.44. The zero-order chi connectivity index (χ0) is 16.1. The lowest BCUT2D eigenvalue weighted by atomic mass is 10.1. The Morgan fingerprint density at radius 3 is 3.00 bits per heavy atom. The van der Waals surface area contributed by atoms with Gasteiger partial charge in [0.25, 0.3) is 0 Å². The molecule has 0 spiro atoms. The van der Waals surface area contributed by atoms with Crippen LogP contribution in [0.3, 0.4) is 0 Å². The molecule has 1 aromatic heterocycles. The normalized spacial score (nSPS) is 15.9. The van der Waals surface area contributed by atoms with E-state index in [4.69, 9.17) is 0 Å². The van der Waals surface area contributed by atoms with E-state index in [0.29, 0.717) is 18.3 Å². The molecule has 5 heteroatoms. The van der Waals surface area contributed by atoms with Crippen molar-refractivity contribution in [1.29, 1.82) is 0 Å². The number of fused-ring (bicyclic) bond motifs is 1. The number of thiophene rings is 1. The third-order valence-electron chi connectivity index (χ3n) is 4.17. The van der Waals surface area contributed by atoms with Crippen LogP contribution in [0.1, 0.15) is 17.4 Å². The average Bonchev–Trinajstić information content (AvgIpc) is 3.06. The molecule has 2 heterocycles. The molecule has 0 aliphatic carbocycles. The molecule has 2 aromatic rings. The summed E-state index contributed by atoms with van der Waals surface area (Å²) in [6, 6.07) is 12.7. The fraction of sp³-hybridized carbons (Fsp3) is 0.389. The molecule has 0 fully saturated rings. The minimum atomic E-state index is 0.110. The minimum Gasteiger partial charge on any atom is -0.354 e. The highest BCUT2D eigenvalue weighted by molar-refractivity contribution is 8.00. The SMILES string of the molecule is C[C@H](CNC(=O)CSc1ccccc1)N1CCc2sccc2C1. The van der Waals surface area contributed by atoms with Crippen LogP contribution < -0.4 is 5.32 Å². The number of hydrogen-bond acceptors (Lipinski definition) is 4. The Kier molecular flexibility index (Phi) is 5.75. The summed E-state index contributed by atoms with van der Waals surface area (Å²) in [5.74, 6) is 0.588. The molecule has 0 saturated carbocycles. The standard InChI is InChI=1S/C18H22N2OS2/c1-14(20-9-7-17-15(12-20)8-10-22-17)11-19-18(21)13-23-16-5-3-2-4-6-16/h2-6,8,10,14H,7,9,11-13H2,1H3,(H,19,21)/t14-/m1/s1. The molecule has 0 unspecified atom stereocenters. The van der Waals surface area contributed by atoms with Crippen LogP contribution in [-0.4, -0.2) is 35.7 Å². The molecule has 23 heavy (non-hydrogen) atoms. The van der Waals surface area contributed by atoms with Crippen LogP contribution in [0.4, 0.5) is 0 Å². The number of carbonyl (C=O) groups is 1. The molecule has 3 rings (SSSR count). The summed E-state index contributed by atoms with van der Waals surface area (Å²) in [6.07, 6.45) is 1.13. The Hall–Kier alpha value is -1.30. The largest absolute Gasteiger partial charge is 0.354 e. The Labute approximate surface area is 146 Å². The second-order valence-corrected chi connectivity index (χ2v) is 7.89. The van der Waals surface area contributed by atoms with Crippen molar-refractivity contribution in [2.24, 2.45) is 0 Å². The maximum Gasteiger partial charge on any atom is 0.230 e. The summed E-state index contributed by atoms with van der Waals surface area (Å²) in [4.78, 5) is 17.1. The van der Waals surface area contributed by atoms with Gasteiger partial charge in [-0.3, -0.25) is 9.69 Å². The van der Waals surface area contributed by atoms with E-state index in [1.165, 1.54) is 10.4 Å². The fourth-order valence-corrected chi connectivity index (χ4v) is 4.39. The molecule has 1 amide bonds. The third-order valence-corrected chi connectivity index (χ3v) is 6.20. The van der Waals surface area contributed by atoms with Gasteiger partial charge >= 0.3 is 0 Å². The van der Waals surface area contributed by atoms with Crippen molar-refractivity contribution in [2.75, 3.05) is 18.8 Å². The lowest BCUT2D eigenvalue weighted by Gasteiger charge is -2.32. The summed E-state index contributed by atoms with van der Waals surface area (Å²) in [7, 11) is 0. The Balaban J connectivity index is 1.40. The van der Waals surface area contributed by atoms with E-state index in [9.17, 15) is 4.79 Å². The summed E-state index contributed by atoms with van der Waals surface area (Å²) in [5.41, 5.74) is 1.46. The highest BCUT2D eigenvalue weighted by Crippen LogP contribution is 2.25. The fourth-order valence-electron chi connectivity index (χ4n) is 2.75. The van der Waals surface area contributed by atoms with E-state index < -0.39 is 0 Å². The van der Waals surface area contributed by atoms with Crippen molar-refractivity contribution < 1.29 is 4.79 Å². The van der Waals surface area contributed by atoms with Crippen molar-refractivity contribution in [3.63, 3.8) is 0 Å². The van der Waals surface area contributed by atoms with E-state index in [1.807, 2.05) is 41.7 Å². The molecule has 0 saturated heterocycles. The van der Waals surface area contributed by atoms with Crippen LogP contribution in [0.5, 0.6) is 0 Å². The quantitative estimate of drug-likeness (QED) is 0.814. The molecular weight excluding hydrogens is 324 g/mol. The summed E-state index contributed by atoms with van der Waals surface area (Å²) < 4.78 is 0. The van der Waals surface area contributed by atoms with Crippen LogP contribution in [0.15, 0.2) is 46.7 Å². The molecule has 122 valence electrons. The summed E-state index contributed by atoms with van der Waals surface area (Å²) in [5, 5.41) is 5.25. The molecule has 3 nitrogen and oxygen atoms in total. The van der Waals surface area contributed by atoms with Crippen molar-refractivity contribution in [3.8, 4) is 0 Å². The molecule has 1 aliphatic rings. The second-order valence-electron chi connectivity index (χ2n) is 5.84. The molecule has 0 bridgehead atoms. The molecule has 1 atom stereocenters. The van der Waals surface area contributed by atoms with E-state index in [-0.39, 0.29) is 5.91 Å². The summed E-state index contributed by atoms with van der Waals surface area (Å²) >= 11 is 3.45. The predicted octanol–water partition coefficient (Wildman–Crippen LogP) is 3.40. The zero-order valence-electron chi connectivity index (χ0n) is 13.3. The van der Waals surface area contributed by atoms with Gasteiger partial charge in [0.15, 0.2) is 0 Å². The highest BCUT2D eigenvalue weighted by atomic mass is 32.2. The maximum atomic E-state index is 12.0. The maximum absolute atomic E-state index is 12.0. The zero-order valence-corrected chi connectivity index (χ0v) is 15.0. The van der Waals surface area contributed by atoms with Crippen LogP contribution in [0.25, 0.3) is 0 Å². The first-order valence-corrected chi connectivity index (χ1v) is 9.83. The third kappa shape index (κ3) is 4.59. The number of nitrogens with one attached hydrogen (secondary N) is 1. The average molecular weight is 347 g/mol. The van der Waals surface area contributed by atoms with Gasteiger partial charge in [0.05, 0.1) is 5.75 Å². The summed E-state index contributed by atoms with van der Waals surface area (Å²) in [6.45, 7) is 5.01. The first kappa shape index (κ1) is 16.6. The molecule has 1 N–H and O–H groups in total. The monoisotopic (exact) mass is 346 g/mol. The van der Waals surface area contributed by atoms with Crippen molar-refractivity contribution in [2.45, 2.75) is 30.8 Å². The number of nitrogens with zero attached hydrogens (tertiary/aromatic N) is 1. The van der Waals surface area contributed by atoms with Crippen LogP contribution >= 0.6 is 23.1 Å². The predicted molar refractivity (Wildman–Crippen MR) is 98.1 cm³/mol. The van der Waals surface area contributed by atoms with Crippen LogP contribution in [0.2, 0.25) is 0 Å². The Morgan fingerprint density at radius 2 is 2.17 bits per heavy atom. The van der Waals surface area contributed by atoms with Crippen molar-refractivity contribution >= 4 is 29.0 Å². The second kappa shape index (κ2) is 7.99. The topological polar surface area (TPSA) is 32.3 Å². The molecule has 1 aromatic carbocycles. The van der Waals surface area contributed by atoms with Gasteiger partial charge < -0.3 is 5.32 Å². The minimum absolute atomic E-state index is 0.110. The first-order chi connectivity index (χ1) is 11.2. The van der Waals surface area contributed by atoms with Crippen LogP contribution in [-0.2, 0) is 17.8 Å². The smallest absolute Gasteiger partial charge is 0.230 e. The van der Waals surface area contributed by atoms with E-state index >= 15 is 0 Å². The number of rotatable bonds is 6.